The number of nitrogens with two attached hydrogens (primary N) is 1. The molecule has 0 bridgehead atoms. The summed E-state index contributed by atoms with van der Waals surface area (Å²) >= 11 is 3.35. The molecule has 4 nitrogen and oxygen atoms in total. The van der Waals surface area contributed by atoms with Gasteiger partial charge in [0.25, 0.3) is 0 Å². The number of hydrogen-bond donors (Lipinski definition) is 1. The van der Waals surface area contributed by atoms with Crippen LogP contribution in [0.5, 0.6) is 0 Å². The Morgan fingerprint density at radius 1 is 1.26 bits per heavy atom. The number of furan rings is 1. The average molecular weight is 331 g/mol. The standard InChI is InChI=1S/C14H23BrN2O2/c1-13(2)8-17(9-14(3,4)19-13)10(7-16)11-5-6-12(15)18-11/h5-6,10H,7-9,16H2,1-4H3. The summed E-state index contributed by atoms with van der Waals surface area (Å²) in [5, 5.41) is 0. The molecule has 0 saturated carbocycles. The summed E-state index contributed by atoms with van der Waals surface area (Å²) in [5.74, 6) is 0.905. The molecule has 1 saturated heterocycles. The first-order chi connectivity index (χ1) is 8.72. The summed E-state index contributed by atoms with van der Waals surface area (Å²) < 4.78 is 12.5. The van der Waals surface area contributed by atoms with E-state index >= 15 is 0 Å². The van der Waals surface area contributed by atoms with E-state index in [2.05, 4.69) is 48.5 Å². The van der Waals surface area contributed by atoms with E-state index in [4.69, 9.17) is 14.9 Å². The summed E-state index contributed by atoms with van der Waals surface area (Å²) in [5.41, 5.74) is 5.60. The second-order valence-corrected chi connectivity index (χ2v) is 7.20. The van der Waals surface area contributed by atoms with Crippen molar-refractivity contribution in [2.24, 2.45) is 5.73 Å². The SMILES string of the molecule is CC1(C)CN(C(CN)c2ccc(Br)o2)CC(C)(C)O1. The first kappa shape index (κ1) is 15.0. The fraction of sp³-hybridized carbons (Fsp3) is 0.714. The van der Waals surface area contributed by atoms with Crippen molar-refractivity contribution < 1.29 is 9.15 Å². The van der Waals surface area contributed by atoms with E-state index in [9.17, 15) is 0 Å². The molecule has 0 amide bonds. The van der Waals surface area contributed by atoms with E-state index < -0.39 is 0 Å². The Kier molecular flexibility index (Phi) is 4.12. The molecule has 1 fully saturated rings. The van der Waals surface area contributed by atoms with Gasteiger partial charge in [0, 0.05) is 19.6 Å². The Balaban J connectivity index is 2.23. The number of morpholine rings is 1. The van der Waals surface area contributed by atoms with Gasteiger partial charge in [-0.3, -0.25) is 4.90 Å². The molecule has 1 aromatic rings. The summed E-state index contributed by atoms with van der Waals surface area (Å²) in [6.07, 6.45) is 0. The topological polar surface area (TPSA) is 51.6 Å². The predicted molar refractivity (Wildman–Crippen MR) is 79.0 cm³/mol. The van der Waals surface area contributed by atoms with Crippen molar-refractivity contribution in [2.45, 2.75) is 44.9 Å². The van der Waals surface area contributed by atoms with Gasteiger partial charge in [0.05, 0.1) is 17.2 Å². The van der Waals surface area contributed by atoms with Gasteiger partial charge in [0.15, 0.2) is 4.67 Å². The molecule has 2 N–H and O–H groups in total. The molecule has 0 aliphatic carbocycles. The summed E-state index contributed by atoms with van der Waals surface area (Å²) in [4.78, 5) is 2.36. The summed E-state index contributed by atoms with van der Waals surface area (Å²) in [7, 11) is 0. The number of rotatable bonds is 3. The molecule has 1 aliphatic rings. The van der Waals surface area contributed by atoms with Crippen LogP contribution in [0, 0.1) is 0 Å². The lowest BCUT2D eigenvalue weighted by atomic mass is 9.96. The van der Waals surface area contributed by atoms with Gasteiger partial charge in [-0.25, -0.2) is 0 Å². The molecule has 1 aliphatic heterocycles. The first-order valence-electron chi connectivity index (χ1n) is 6.62. The Morgan fingerprint density at radius 3 is 2.26 bits per heavy atom. The third-order valence-electron chi connectivity index (χ3n) is 3.31. The Morgan fingerprint density at radius 2 is 1.84 bits per heavy atom. The molecule has 2 heterocycles. The van der Waals surface area contributed by atoms with Gasteiger partial charge in [-0.15, -0.1) is 0 Å². The largest absolute Gasteiger partial charge is 0.453 e. The van der Waals surface area contributed by atoms with Crippen LogP contribution < -0.4 is 5.73 Å². The van der Waals surface area contributed by atoms with Crippen molar-refractivity contribution in [2.75, 3.05) is 19.6 Å². The third kappa shape index (κ3) is 3.60. The van der Waals surface area contributed by atoms with Crippen LogP contribution in [-0.4, -0.2) is 35.7 Å². The van der Waals surface area contributed by atoms with Gasteiger partial charge >= 0.3 is 0 Å². The van der Waals surface area contributed by atoms with Crippen molar-refractivity contribution in [3.05, 3.63) is 22.6 Å². The second kappa shape index (κ2) is 5.20. The number of nitrogens with zero attached hydrogens (tertiary/aromatic N) is 1. The molecule has 19 heavy (non-hydrogen) atoms. The zero-order valence-electron chi connectivity index (χ0n) is 12.1. The zero-order chi connectivity index (χ0) is 14.3. The van der Waals surface area contributed by atoms with Crippen molar-refractivity contribution in [1.29, 1.82) is 0 Å². The maximum Gasteiger partial charge on any atom is 0.169 e. The van der Waals surface area contributed by atoms with E-state index in [1.54, 1.807) is 0 Å². The maximum absolute atomic E-state index is 6.10. The highest BCUT2D eigenvalue weighted by Gasteiger charge is 2.41. The lowest BCUT2D eigenvalue weighted by Gasteiger charge is -2.49. The van der Waals surface area contributed by atoms with E-state index in [-0.39, 0.29) is 17.2 Å². The maximum atomic E-state index is 6.10. The fourth-order valence-corrected chi connectivity index (χ4v) is 3.34. The minimum Gasteiger partial charge on any atom is -0.453 e. The van der Waals surface area contributed by atoms with Crippen LogP contribution in [0.4, 0.5) is 0 Å². The molecular weight excluding hydrogens is 308 g/mol. The van der Waals surface area contributed by atoms with Gasteiger partial charge < -0.3 is 14.9 Å². The van der Waals surface area contributed by atoms with Gasteiger partial charge in [-0.1, -0.05) is 0 Å². The van der Waals surface area contributed by atoms with Gasteiger partial charge in [-0.05, 0) is 55.8 Å². The molecule has 0 radical (unpaired) electrons. The second-order valence-electron chi connectivity index (χ2n) is 6.42. The van der Waals surface area contributed by atoms with Gasteiger partial charge in [0.1, 0.15) is 5.76 Å². The van der Waals surface area contributed by atoms with Crippen LogP contribution in [0.15, 0.2) is 21.2 Å². The quantitative estimate of drug-likeness (QED) is 0.925. The lowest BCUT2D eigenvalue weighted by molar-refractivity contribution is -0.188. The number of halogens is 1. The number of hydrogen-bond acceptors (Lipinski definition) is 4. The van der Waals surface area contributed by atoms with Crippen LogP contribution in [0.1, 0.15) is 39.5 Å². The van der Waals surface area contributed by atoms with Crippen LogP contribution in [0.25, 0.3) is 0 Å². The van der Waals surface area contributed by atoms with E-state index in [1.165, 1.54) is 0 Å². The molecule has 1 aromatic heterocycles. The monoisotopic (exact) mass is 330 g/mol. The molecule has 108 valence electrons. The molecule has 0 spiro atoms. The highest BCUT2D eigenvalue weighted by molar-refractivity contribution is 9.10. The zero-order valence-corrected chi connectivity index (χ0v) is 13.7. The smallest absolute Gasteiger partial charge is 0.169 e. The molecule has 0 aromatic carbocycles. The highest BCUT2D eigenvalue weighted by Crippen LogP contribution is 2.34. The average Bonchev–Trinajstić information content (AvgIpc) is 2.61. The Labute approximate surface area is 123 Å². The lowest BCUT2D eigenvalue weighted by Crippen LogP contribution is -2.58. The Hall–Kier alpha value is -0.360. The number of ether oxygens (including phenoxy) is 1. The van der Waals surface area contributed by atoms with Crippen molar-refractivity contribution in [1.82, 2.24) is 4.90 Å². The normalized spacial score (nSPS) is 24.3. The fourth-order valence-electron chi connectivity index (χ4n) is 3.02. The van der Waals surface area contributed by atoms with Crippen LogP contribution in [0.3, 0.4) is 0 Å². The molecule has 2 rings (SSSR count). The van der Waals surface area contributed by atoms with Gasteiger partial charge in [-0.2, -0.15) is 0 Å². The van der Waals surface area contributed by atoms with Gasteiger partial charge in [0.2, 0.25) is 0 Å². The summed E-state index contributed by atoms with van der Waals surface area (Å²) in [6, 6.07) is 3.99. The highest BCUT2D eigenvalue weighted by atomic mass is 79.9. The first-order valence-corrected chi connectivity index (χ1v) is 7.41. The molecule has 1 unspecified atom stereocenters. The predicted octanol–water partition coefficient (Wildman–Crippen LogP) is 2.93. The van der Waals surface area contributed by atoms with Crippen LogP contribution in [-0.2, 0) is 4.74 Å². The van der Waals surface area contributed by atoms with Crippen LogP contribution >= 0.6 is 15.9 Å². The molecular formula is C14H23BrN2O2. The van der Waals surface area contributed by atoms with Crippen molar-refractivity contribution in [3.8, 4) is 0 Å². The minimum absolute atomic E-state index is 0.0914. The minimum atomic E-state index is -0.182. The van der Waals surface area contributed by atoms with E-state index in [0.717, 1.165) is 23.5 Å². The molecule has 1 atom stereocenters. The van der Waals surface area contributed by atoms with Crippen molar-refractivity contribution >= 4 is 15.9 Å². The molecule has 5 heteroatoms. The summed E-state index contributed by atoms with van der Waals surface area (Å²) in [6.45, 7) is 10.7. The van der Waals surface area contributed by atoms with Crippen LogP contribution in [0.2, 0.25) is 0 Å². The van der Waals surface area contributed by atoms with E-state index in [1.807, 2.05) is 12.1 Å². The third-order valence-corrected chi connectivity index (χ3v) is 3.73. The van der Waals surface area contributed by atoms with Crippen molar-refractivity contribution in [3.63, 3.8) is 0 Å². The van der Waals surface area contributed by atoms with E-state index in [0.29, 0.717) is 6.54 Å². The Bertz CT molecular complexity index is 426.